The maximum Gasteiger partial charge on any atom is 0.0686 e. The largest absolute Gasteiger partial charge is 0.375 e. The van der Waals surface area contributed by atoms with Crippen molar-refractivity contribution in [1.29, 1.82) is 0 Å². The van der Waals surface area contributed by atoms with Gasteiger partial charge in [0.15, 0.2) is 0 Å². The number of hydrogen-bond donors (Lipinski definition) is 0. The third-order valence-electron chi connectivity index (χ3n) is 6.43. The minimum Gasteiger partial charge on any atom is -0.375 e. The second-order valence-corrected chi connectivity index (χ2v) is 7.78. The van der Waals surface area contributed by atoms with E-state index in [9.17, 15) is 0 Å². The first kappa shape index (κ1) is 12.0. The van der Waals surface area contributed by atoms with Crippen LogP contribution in [-0.2, 0) is 4.74 Å². The summed E-state index contributed by atoms with van der Waals surface area (Å²) in [7, 11) is 0. The van der Waals surface area contributed by atoms with E-state index in [1.54, 1.807) is 0 Å². The summed E-state index contributed by atoms with van der Waals surface area (Å²) in [6.45, 7) is 10.9. The lowest BCUT2D eigenvalue weighted by atomic mass is 9.50. The highest BCUT2D eigenvalue weighted by molar-refractivity contribution is 5.05. The standard InChI is InChI=1S/C16H28O/c1-11-5-8-15(2,3)12-6-9-16(4)13(14(11)12)7-10-17-16/h11-14H,5-10H2,1-4H3/t11?,12-,13+,14-,16+/m0/s1. The molecular weight excluding hydrogens is 208 g/mol. The molecular formula is C16H28O. The van der Waals surface area contributed by atoms with Crippen LogP contribution in [0, 0.1) is 29.1 Å². The molecule has 2 saturated carbocycles. The topological polar surface area (TPSA) is 9.23 Å². The molecule has 2 aliphatic carbocycles. The van der Waals surface area contributed by atoms with E-state index in [-0.39, 0.29) is 5.60 Å². The van der Waals surface area contributed by atoms with Crippen LogP contribution in [0.2, 0.25) is 0 Å². The highest BCUT2D eigenvalue weighted by Gasteiger charge is 2.56. The van der Waals surface area contributed by atoms with E-state index in [4.69, 9.17) is 4.74 Å². The molecule has 1 nitrogen and oxygen atoms in total. The number of ether oxygens (including phenoxy) is 1. The molecule has 98 valence electrons. The highest BCUT2D eigenvalue weighted by atomic mass is 16.5. The van der Waals surface area contributed by atoms with Crippen molar-refractivity contribution in [3.8, 4) is 0 Å². The summed E-state index contributed by atoms with van der Waals surface area (Å²) in [6, 6.07) is 0. The molecule has 0 aromatic rings. The van der Waals surface area contributed by atoms with Crippen LogP contribution in [-0.4, -0.2) is 12.2 Å². The van der Waals surface area contributed by atoms with E-state index in [2.05, 4.69) is 27.7 Å². The molecule has 0 amide bonds. The lowest BCUT2D eigenvalue weighted by Gasteiger charge is -2.56. The van der Waals surface area contributed by atoms with Gasteiger partial charge in [0.25, 0.3) is 0 Å². The Kier molecular flexibility index (Phi) is 2.63. The molecule has 0 aromatic heterocycles. The van der Waals surface area contributed by atoms with E-state index in [1.807, 2.05) is 0 Å². The molecule has 0 aromatic carbocycles. The molecule has 1 heteroatoms. The second-order valence-electron chi connectivity index (χ2n) is 7.78. The van der Waals surface area contributed by atoms with Gasteiger partial charge in [-0.3, -0.25) is 0 Å². The molecule has 1 unspecified atom stereocenters. The van der Waals surface area contributed by atoms with Crippen LogP contribution >= 0.6 is 0 Å². The fourth-order valence-electron chi connectivity index (χ4n) is 5.29. The Bertz CT molecular complexity index is 307. The Labute approximate surface area is 106 Å². The van der Waals surface area contributed by atoms with Crippen molar-refractivity contribution in [2.75, 3.05) is 6.61 Å². The molecule has 5 atom stereocenters. The third-order valence-corrected chi connectivity index (χ3v) is 6.43. The summed E-state index contributed by atoms with van der Waals surface area (Å²) in [5.41, 5.74) is 0.796. The average Bonchev–Trinajstić information content (AvgIpc) is 2.65. The zero-order chi connectivity index (χ0) is 12.3. The van der Waals surface area contributed by atoms with Gasteiger partial charge in [-0.2, -0.15) is 0 Å². The SMILES string of the molecule is CC1CCC(C)(C)[C@H]2CC[C@@]3(C)OCC[C@@H]3[C@@H]12. The van der Waals surface area contributed by atoms with Crippen molar-refractivity contribution in [2.24, 2.45) is 29.1 Å². The van der Waals surface area contributed by atoms with E-state index in [0.29, 0.717) is 5.41 Å². The first-order valence-corrected chi connectivity index (χ1v) is 7.58. The van der Waals surface area contributed by atoms with Crippen molar-refractivity contribution in [2.45, 2.75) is 65.4 Å². The number of fused-ring (bicyclic) bond motifs is 3. The van der Waals surface area contributed by atoms with E-state index >= 15 is 0 Å². The van der Waals surface area contributed by atoms with Gasteiger partial charge in [0.05, 0.1) is 5.60 Å². The van der Waals surface area contributed by atoms with Crippen LogP contribution in [0.3, 0.4) is 0 Å². The molecule has 0 spiro atoms. The van der Waals surface area contributed by atoms with Gasteiger partial charge in [-0.1, -0.05) is 20.8 Å². The molecule has 3 fully saturated rings. The summed E-state index contributed by atoms with van der Waals surface area (Å²) in [5.74, 6) is 3.64. The Hall–Kier alpha value is -0.0400. The van der Waals surface area contributed by atoms with Gasteiger partial charge in [-0.15, -0.1) is 0 Å². The van der Waals surface area contributed by atoms with Crippen LogP contribution in [0.1, 0.15) is 59.8 Å². The predicted molar refractivity (Wildman–Crippen MR) is 70.9 cm³/mol. The maximum absolute atomic E-state index is 6.11. The van der Waals surface area contributed by atoms with Crippen molar-refractivity contribution in [1.82, 2.24) is 0 Å². The average molecular weight is 236 g/mol. The first-order chi connectivity index (χ1) is 7.94. The van der Waals surface area contributed by atoms with Crippen molar-refractivity contribution in [3.05, 3.63) is 0 Å². The molecule has 3 aliphatic rings. The first-order valence-electron chi connectivity index (χ1n) is 7.58. The van der Waals surface area contributed by atoms with E-state index in [1.165, 1.54) is 32.1 Å². The van der Waals surface area contributed by atoms with E-state index < -0.39 is 0 Å². The van der Waals surface area contributed by atoms with Crippen LogP contribution < -0.4 is 0 Å². The van der Waals surface area contributed by atoms with E-state index in [0.717, 1.165) is 30.3 Å². The van der Waals surface area contributed by atoms with Gasteiger partial charge in [-0.05, 0) is 68.1 Å². The minimum absolute atomic E-state index is 0.225. The quantitative estimate of drug-likeness (QED) is 0.610. The summed E-state index contributed by atoms with van der Waals surface area (Å²) in [4.78, 5) is 0. The summed E-state index contributed by atoms with van der Waals surface area (Å²) in [6.07, 6.45) is 6.88. The third kappa shape index (κ3) is 1.69. The maximum atomic E-state index is 6.11. The second kappa shape index (κ2) is 3.73. The summed E-state index contributed by atoms with van der Waals surface area (Å²) < 4.78 is 6.11. The van der Waals surface area contributed by atoms with Crippen LogP contribution in [0.25, 0.3) is 0 Å². The Morgan fingerprint density at radius 3 is 2.47 bits per heavy atom. The molecule has 0 bridgehead atoms. The Morgan fingerprint density at radius 1 is 0.941 bits per heavy atom. The molecule has 1 aliphatic heterocycles. The van der Waals surface area contributed by atoms with Crippen molar-refractivity contribution >= 4 is 0 Å². The van der Waals surface area contributed by atoms with Gasteiger partial charge in [-0.25, -0.2) is 0 Å². The highest BCUT2D eigenvalue weighted by Crippen LogP contribution is 2.59. The normalized spacial score (nSPS) is 52.9. The van der Waals surface area contributed by atoms with Crippen LogP contribution in [0.5, 0.6) is 0 Å². The summed E-state index contributed by atoms with van der Waals surface area (Å²) >= 11 is 0. The lowest BCUT2D eigenvalue weighted by Crippen LogP contribution is -2.52. The molecule has 0 N–H and O–H groups in total. The van der Waals surface area contributed by atoms with Crippen LogP contribution in [0.15, 0.2) is 0 Å². The summed E-state index contributed by atoms with van der Waals surface area (Å²) in [5, 5.41) is 0. The van der Waals surface area contributed by atoms with Crippen molar-refractivity contribution in [3.63, 3.8) is 0 Å². The number of hydrogen-bond acceptors (Lipinski definition) is 1. The van der Waals surface area contributed by atoms with Gasteiger partial charge in [0.1, 0.15) is 0 Å². The zero-order valence-electron chi connectivity index (χ0n) is 12.0. The smallest absolute Gasteiger partial charge is 0.0686 e. The molecule has 0 radical (unpaired) electrons. The zero-order valence-corrected chi connectivity index (χ0v) is 12.0. The van der Waals surface area contributed by atoms with Gasteiger partial charge >= 0.3 is 0 Å². The Balaban J connectivity index is 1.93. The Morgan fingerprint density at radius 2 is 1.71 bits per heavy atom. The number of rotatable bonds is 0. The predicted octanol–water partition coefficient (Wildman–Crippen LogP) is 4.26. The fourth-order valence-corrected chi connectivity index (χ4v) is 5.29. The van der Waals surface area contributed by atoms with Gasteiger partial charge < -0.3 is 4.74 Å². The monoisotopic (exact) mass is 236 g/mol. The molecule has 1 saturated heterocycles. The van der Waals surface area contributed by atoms with Crippen molar-refractivity contribution < 1.29 is 4.74 Å². The van der Waals surface area contributed by atoms with Gasteiger partial charge in [0.2, 0.25) is 0 Å². The molecule has 3 rings (SSSR count). The molecule has 1 heterocycles. The fraction of sp³-hybridized carbons (Fsp3) is 1.00. The van der Waals surface area contributed by atoms with Crippen LogP contribution in [0.4, 0.5) is 0 Å². The van der Waals surface area contributed by atoms with Gasteiger partial charge in [0, 0.05) is 6.61 Å². The minimum atomic E-state index is 0.225. The molecule has 17 heavy (non-hydrogen) atoms. The lowest BCUT2D eigenvalue weighted by molar-refractivity contribution is -0.117.